The molecule has 0 atom stereocenters. The van der Waals surface area contributed by atoms with Gasteiger partial charge in [-0.1, -0.05) is 12.1 Å². The van der Waals surface area contributed by atoms with E-state index in [0.717, 1.165) is 11.3 Å². The normalized spacial score (nSPS) is 10.3. The first-order chi connectivity index (χ1) is 12.7. The van der Waals surface area contributed by atoms with Crippen molar-refractivity contribution in [2.24, 2.45) is 5.73 Å². The number of non-ortho nitro benzene ring substituents is 1. The highest BCUT2D eigenvalue weighted by Gasteiger charge is 2.25. The molecule has 2 amide bonds. The monoisotopic (exact) mass is 391 g/mol. The van der Waals surface area contributed by atoms with E-state index in [0.29, 0.717) is 11.1 Å². The van der Waals surface area contributed by atoms with Gasteiger partial charge in [0, 0.05) is 12.1 Å². The molecule has 1 aromatic carbocycles. The van der Waals surface area contributed by atoms with Crippen molar-refractivity contribution in [1.82, 2.24) is 0 Å². The zero-order valence-corrected chi connectivity index (χ0v) is 15.4. The molecule has 2 rings (SSSR count). The number of carbonyl (C=O) groups is 3. The van der Waals surface area contributed by atoms with E-state index in [9.17, 15) is 24.5 Å². The van der Waals surface area contributed by atoms with Crippen molar-refractivity contribution >= 4 is 39.8 Å². The minimum absolute atomic E-state index is 0.0664. The topological polar surface area (TPSA) is 142 Å². The third kappa shape index (κ3) is 4.67. The molecule has 0 unspecified atom stereocenters. The lowest BCUT2D eigenvalue weighted by Gasteiger charge is -2.07. The Morgan fingerprint density at radius 2 is 1.89 bits per heavy atom. The fourth-order valence-corrected chi connectivity index (χ4v) is 3.44. The van der Waals surface area contributed by atoms with E-state index in [4.69, 9.17) is 10.5 Å². The first-order valence-corrected chi connectivity index (χ1v) is 8.69. The predicted molar refractivity (Wildman–Crippen MR) is 99.0 cm³/mol. The quantitative estimate of drug-likeness (QED) is 0.422. The molecule has 27 heavy (non-hydrogen) atoms. The Balaban J connectivity index is 2.23. The first-order valence-electron chi connectivity index (χ1n) is 7.88. The lowest BCUT2D eigenvalue weighted by atomic mass is 10.1. The maximum Gasteiger partial charge on any atom is 0.341 e. The van der Waals surface area contributed by atoms with Gasteiger partial charge in [0.2, 0.25) is 5.91 Å². The van der Waals surface area contributed by atoms with Crippen LogP contribution in [0.3, 0.4) is 0 Å². The molecule has 0 bridgehead atoms. The second-order valence-corrected chi connectivity index (χ2v) is 6.51. The average Bonchev–Trinajstić information content (AvgIpc) is 2.91. The van der Waals surface area contributed by atoms with Crippen molar-refractivity contribution in [2.75, 3.05) is 11.9 Å². The molecule has 0 aliphatic rings. The molecule has 3 N–H and O–H groups in total. The largest absolute Gasteiger partial charge is 0.462 e. The molecule has 1 aromatic heterocycles. The van der Waals surface area contributed by atoms with Crippen molar-refractivity contribution in [1.29, 1.82) is 0 Å². The fourth-order valence-electron chi connectivity index (χ4n) is 2.38. The minimum Gasteiger partial charge on any atom is -0.462 e. The zero-order chi connectivity index (χ0) is 20.1. The second-order valence-electron chi connectivity index (χ2n) is 5.49. The first kappa shape index (κ1) is 20.0. The van der Waals surface area contributed by atoms with Crippen LogP contribution < -0.4 is 11.1 Å². The number of primary amides is 1. The van der Waals surface area contributed by atoms with Gasteiger partial charge in [0.1, 0.15) is 5.00 Å². The number of nitro benzene ring substituents is 1. The van der Waals surface area contributed by atoms with Gasteiger partial charge in [-0.15, -0.1) is 11.3 Å². The van der Waals surface area contributed by atoms with Crippen LogP contribution in [0.15, 0.2) is 24.3 Å². The molecular weight excluding hydrogens is 374 g/mol. The number of nitrogens with two attached hydrogens (primary N) is 1. The number of amides is 2. The van der Waals surface area contributed by atoms with Gasteiger partial charge in [0.15, 0.2) is 0 Å². The Labute approximate surface area is 158 Å². The van der Waals surface area contributed by atoms with Gasteiger partial charge < -0.3 is 15.8 Å². The van der Waals surface area contributed by atoms with Crippen LogP contribution in [-0.2, 0) is 16.0 Å². The van der Waals surface area contributed by atoms with E-state index in [1.165, 1.54) is 24.3 Å². The summed E-state index contributed by atoms with van der Waals surface area (Å²) < 4.78 is 4.98. The van der Waals surface area contributed by atoms with Crippen LogP contribution >= 0.6 is 11.3 Å². The number of anilines is 1. The van der Waals surface area contributed by atoms with E-state index < -0.39 is 22.7 Å². The zero-order valence-electron chi connectivity index (χ0n) is 14.6. The van der Waals surface area contributed by atoms with Crippen molar-refractivity contribution in [3.8, 4) is 0 Å². The van der Waals surface area contributed by atoms with Gasteiger partial charge in [0.25, 0.3) is 11.6 Å². The summed E-state index contributed by atoms with van der Waals surface area (Å²) in [6, 6.07) is 5.54. The molecule has 0 spiro atoms. The van der Waals surface area contributed by atoms with Gasteiger partial charge in [-0.25, -0.2) is 4.79 Å². The van der Waals surface area contributed by atoms with Crippen molar-refractivity contribution in [2.45, 2.75) is 20.3 Å². The molecule has 10 heteroatoms. The van der Waals surface area contributed by atoms with Gasteiger partial charge in [-0.05, 0) is 25.0 Å². The number of esters is 1. The summed E-state index contributed by atoms with van der Waals surface area (Å²) in [6.45, 7) is 3.33. The number of carbonyl (C=O) groups excluding carboxylic acids is 3. The number of ether oxygens (including phenoxy) is 1. The number of benzene rings is 1. The molecule has 0 saturated carbocycles. The number of rotatable bonds is 7. The maximum absolute atomic E-state index is 12.3. The Morgan fingerprint density at radius 3 is 2.41 bits per heavy atom. The van der Waals surface area contributed by atoms with Crippen LogP contribution in [0.2, 0.25) is 0 Å². The number of hydrogen-bond donors (Lipinski definition) is 2. The van der Waals surface area contributed by atoms with Gasteiger partial charge in [-0.3, -0.25) is 19.7 Å². The summed E-state index contributed by atoms with van der Waals surface area (Å²) in [5.74, 6) is -1.82. The molecular formula is C17H17N3O6S. The fraction of sp³-hybridized carbons (Fsp3) is 0.235. The Bertz CT molecular complexity index is 904. The highest BCUT2D eigenvalue weighted by molar-refractivity contribution is 7.18. The maximum atomic E-state index is 12.3. The lowest BCUT2D eigenvalue weighted by Crippen LogP contribution is -2.16. The van der Waals surface area contributed by atoms with Crippen LogP contribution in [0.4, 0.5) is 10.7 Å². The average molecular weight is 391 g/mol. The highest BCUT2D eigenvalue weighted by atomic mass is 32.1. The molecule has 1 heterocycles. The third-order valence-electron chi connectivity index (χ3n) is 3.61. The predicted octanol–water partition coefficient (Wildman–Crippen LogP) is 2.42. The van der Waals surface area contributed by atoms with Crippen LogP contribution in [0.5, 0.6) is 0 Å². The van der Waals surface area contributed by atoms with E-state index in [2.05, 4.69) is 5.32 Å². The Morgan fingerprint density at radius 1 is 1.26 bits per heavy atom. The Hall–Kier alpha value is -3.27. The minimum atomic E-state index is -0.709. The van der Waals surface area contributed by atoms with Crippen LogP contribution in [-0.4, -0.2) is 29.3 Å². The number of hydrogen-bond acceptors (Lipinski definition) is 7. The van der Waals surface area contributed by atoms with Crippen LogP contribution in [0.25, 0.3) is 0 Å². The van der Waals surface area contributed by atoms with E-state index in [-0.39, 0.29) is 34.2 Å². The number of nitrogens with zero attached hydrogens (tertiary/aromatic N) is 1. The van der Waals surface area contributed by atoms with Crippen molar-refractivity contribution in [3.63, 3.8) is 0 Å². The van der Waals surface area contributed by atoms with Gasteiger partial charge in [-0.2, -0.15) is 0 Å². The lowest BCUT2D eigenvalue weighted by molar-refractivity contribution is -0.384. The van der Waals surface area contributed by atoms with E-state index in [1.807, 2.05) is 0 Å². The van der Waals surface area contributed by atoms with Gasteiger partial charge >= 0.3 is 5.97 Å². The van der Waals surface area contributed by atoms with Crippen LogP contribution in [0.1, 0.15) is 38.1 Å². The number of nitrogens with one attached hydrogen (secondary N) is 1. The van der Waals surface area contributed by atoms with Gasteiger partial charge in [0.05, 0.1) is 28.4 Å². The Kier molecular flexibility index (Phi) is 6.24. The molecule has 2 aromatic rings. The van der Waals surface area contributed by atoms with E-state index >= 15 is 0 Å². The van der Waals surface area contributed by atoms with Crippen molar-refractivity contribution < 1.29 is 24.0 Å². The van der Waals surface area contributed by atoms with E-state index in [1.54, 1.807) is 13.8 Å². The van der Waals surface area contributed by atoms with Crippen LogP contribution in [0, 0.1) is 17.0 Å². The smallest absolute Gasteiger partial charge is 0.341 e. The third-order valence-corrected chi connectivity index (χ3v) is 4.84. The second kappa shape index (κ2) is 8.41. The molecule has 0 fully saturated rings. The summed E-state index contributed by atoms with van der Waals surface area (Å²) in [4.78, 5) is 46.3. The molecule has 142 valence electrons. The number of nitro groups is 1. The molecule has 0 aliphatic heterocycles. The molecule has 0 aliphatic carbocycles. The SMILES string of the molecule is CCOC(=O)c1c(NC(=O)Cc2ccc([N+](=O)[O-])cc2)sc(C(N)=O)c1C. The summed E-state index contributed by atoms with van der Waals surface area (Å²) >= 11 is 0.897. The summed E-state index contributed by atoms with van der Waals surface area (Å²) in [6.07, 6.45) is -0.0664. The molecule has 9 nitrogen and oxygen atoms in total. The molecule has 0 radical (unpaired) electrons. The summed E-state index contributed by atoms with van der Waals surface area (Å²) in [7, 11) is 0. The molecule has 0 saturated heterocycles. The summed E-state index contributed by atoms with van der Waals surface area (Å²) in [5.41, 5.74) is 6.22. The standard InChI is InChI=1S/C17H17N3O6S/c1-3-26-17(23)13-9(2)14(15(18)22)27-16(13)19-12(21)8-10-4-6-11(7-5-10)20(24)25/h4-7H,3,8H2,1-2H3,(H2,18,22)(H,19,21). The van der Waals surface area contributed by atoms with Crippen molar-refractivity contribution in [3.05, 3.63) is 55.9 Å². The summed E-state index contributed by atoms with van der Waals surface area (Å²) in [5, 5.41) is 13.4. The number of thiophene rings is 1. The highest BCUT2D eigenvalue weighted by Crippen LogP contribution is 2.33.